The first-order valence-electron chi connectivity index (χ1n) is 7.15. The highest BCUT2D eigenvalue weighted by atomic mass is 35.5. The fourth-order valence-corrected chi connectivity index (χ4v) is 2.29. The zero-order valence-electron chi connectivity index (χ0n) is 13.5. The van der Waals surface area contributed by atoms with Crippen LogP contribution < -0.4 is 10.1 Å². The number of hydrogen-bond donors (Lipinski definition) is 2. The number of amides is 1. The highest BCUT2D eigenvalue weighted by Crippen LogP contribution is 2.27. The molecule has 24 heavy (non-hydrogen) atoms. The lowest BCUT2D eigenvalue weighted by molar-refractivity contribution is -0.146. The number of aromatic nitrogens is 2. The maximum Gasteiger partial charge on any atom is 0.331 e. The number of aliphatic carboxylic acids is 1. The van der Waals surface area contributed by atoms with Crippen LogP contribution in [0.15, 0.2) is 30.6 Å². The molecule has 0 aliphatic carbocycles. The number of carbonyl (C=O) groups excluding carboxylic acids is 1. The van der Waals surface area contributed by atoms with Crippen molar-refractivity contribution >= 4 is 29.2 Å². The zero-order valence-corrected chi connectivity index (χ0v) is 14.3. The number of methoxy groups -OCH3 is 1. The minimum atomic E-state index is -1.21. The average Bonchev–Trinajstić information content (AvgIpc) is 2.98. The van der Waals surface area contributed by atoms with E-state index >= 15 is 0 Å². The molecule has 0 aliphatic heterocycles. The lowest BCUT2D eigenvalue weighted by Crippen LogP contribution is -2.35. The van der Waals surface area contributed by atoms with Gasteiger partial charge in [-0.05, 0) is 26.0 Å². The monoisotopic (exact) mass is 351 g/mol. The molecule has 2 aromatic rings. The van der Waals surface area contributed by atoms with Gasteiger partial charge in [-0.1, -0.05) is 17.7 Å². The molecule has 0 atom stereocenters. The molecule has 7 nitrogen and oxygen atoms in total. The quantitative estimate of drug-likeness (QED) is 0.834. The summed E-state index contributed by atoms with van der Waals surface area (Å²) in [5.74, 6) is -0.807. The SMILES string of the molecule is COc1cccc(Cl)c1CC(=O)Nc1cnn(C(C)(C)C(=O)O)c1. The number of nitrogens with one attached hydrogen (secondary N) is 1. The molecule has 1 heterocycles. The van der Waals surface area contributed by atoms with Gasteiger partial charge in [-0.25, -0.2) is 4.79 Å². The Kier molecular flexibility index (Phi) is 5.14. The first-order valence-corrected chi connectivity index (χ1v) is 7.53. The van der Waals surface area contributed by atoms with Crippen molar-refractivity contribution in [1.82, 2.24) is 9.78 Å². The minimum Gasteiger partial charge on any atom is -0.496 e. The molecule has 1 aromatic heterocycles. The number of rotatable bonds is 6. The van der Waals surface area contributed by atoms with Gasteiger partial charge in [0.2, 0.25) is 5.91 Å². The van der Waals surface area contributed by atoms with E-state index in [2.05, 4.69) is 10.4 Å². The first-order chi connectivity index (χ1) is 11.3. The van der Waals surface area contributed by atoms with Gasteiger partial charge in [-0.3, -0.25) is 9.48 Å². The van der Waals surface area contributed by atoms with E-state index < -0.39 is 11.5 Å². The Labute approximate surface area is 144 Å². The van der Waals surface area contributed by atoms with E-state index in [1.807, 2.05) is 0 Å². The smallest absolute Gasteiger partial charge is 0.331 e. The van der Waals surface area contributed by atoms with Gasteiger partial charge in [0.15, 0.2) is 5.54 Å². The van der Waals surface area contributed by atoms with Crippen molar-refractivity contribution in [2.45, 2.75) is 25.8 Å². The second kappa shape index (κ2) is 6.92. The van der Waals surface area contributed by atoms with Gasteiger partial charge in [0.25, 0.3) is 0 Å². The molecule has 0 bridgehead atoms. The van der Waals surface area contributed by atoms with Crippen LogP contribution in [0.1, 0.15) is 19.4 Å². The molecule has 1 aromatic carbocycles. The summed E-state index contributed by atoms with van der Waals surface area (Å²) < 4.78 is 6.49. The molecule has 0 spiro atoms. The van der Waals surface area contributed by atoms with Gasteiger partial charge in [0.05, 0.1) is 25.4 Å². The number of benzene rings is 1. The maximum absolute atomic E-state index is 12.2. The Bertz CT molecular complexity index is 770. The molecule has 8 heteroatoms. The topological polar surface area (TPSA) is 93.5 Å². The van der Waals surface area contributed by atoms with E-state index in [-0.39, 0.29) is 12.3 Å². The van der Waals surface area contributed by atoms with Crippen LogP contribution >= 0.6 is 11.6 Å². The summed E-state index contributed by atoms with van der Waals surface area (Å²) in [6.07, 6.45) is 2.89. The molecule has 0 unspecified atom stereocenters. The second-order valence-electron chi connectivity index (χ2n) is 5.68. The van der Waals surface area contributed by atoms with E-state index in [4.69, 9.17) is 16.3 Å². The third-order valence-corrected chi connectivity index (χ3v) is 3.95. The molecule has 0 aliphatic rings. The number of ether oxygens (including phenoxy) is 1. The third-order valence-electron chi connectivity index (χ3n) is 3.60. The fourth-order valence-electron chi connectivity index (χ4n) is 2.06. The Morgan fingerprint density at radius 2 is 2.12 bits per heavy atom. The van der Waals surface area contributed by atoms with Crippen LogP contribution in [0, 0.1) is 0 Å². The molecule has 0 saturated carbocycles. The van der Waals surface area contributed by atoms with Crippen molar-refractivity contribution in [2.75, 3.05) is 12.4 Å². The number of carboxylic acids is 1. The van der Waals surface area contributed by atoms with Gasteiger partial charge in [0.1, 0.15) is 5.75 Å². The molecule has 0 saturated heterocycles. The third kappa shape index (κ3) is 3.68. The van der Waals surface area contributed by atoms with Crippen LogP contribution in [0.2, 0.25) is 5.02 Å². The van der Waals surface area contributed by atoms with E-state index in [0.717, 1.165) is 0 Å². The van der Waals surface area contributed by atoms with Crippen LogP contribution in [0.3, 0.4) is 0 Å². The predicted molar refractivity (Wildman–Crippen MR) is 89.5 cm³/mol. The van der Waals surface area contributed by atoms with Crippen molar-refractivity contribution in [3.8, 4) is 5.75 Å². The van der Waals surface area contributed by atoms with Gasteiger partial charge >= 0.3 is 5.97 Å². The Morgan fingerprint density at radius 3 is 2.75 bits per heavy atom. The highest BCUT2D eigenvalue weighted by Gasteiger charge is 2.30. The molecule has 0 radical (unpaired) electrons. The molecular formula is C16H18ClN3O4. The molecule has 2 rings (SSSR count). The Morgan fingerprint density at radius 1 is 1.42 bits per heavy atom. The standard InChI is InChI=1S/C16H18ClN3O4/c1-16(2,15(22)23)20-9-10(8-18-20)19-14(21)7-11-12(17)5-4-6-13(11)24-3/h4-6,8-9H,7H2,1-3H3,(H,19,21)(H,22,23). The summed E-state index contributed by atoms with van der Waals surface area (Å²) in [6.45, 7) is 3.03. The summed E-state index contributed by atoms with van der Waals surface area (Å²) in [5.41, 5.74) is -0.229. The summed E-state index contributed by atoms with van der Waals surface area (Å²) in [6, 6.07) is 5.14. The summed E-state index contributed by atoms with van der Waals surface area (Å²) in [4.78, 5) is 23.4. The van der Waals surface area contributed by atoms with E-state index in [1.165, 1.54) is 38.0 Å². The molecule has 1 amide bonds. The number of carboxylic acid groups (broad SMARTS) is 1. The molecular weight excluding hydrogens is 334 g/mol. The van der Waals surface area contributed by atoms with Crippen molar-refractivity contribution in [1.29, 1.82) is 0 Å². The summed E-state index contributed by atoms with van der Waals surface area (Å²) >= 11 is 6.11. The number of carbonyl (C=O) groups is 2. The number of hydrogen-bond acceptors (Lipinski definition) is 4. The average molecular weight is 352 g/mol. The van der Waals surface area contributed by atoms with Crippen LogP contribution in [0.25, 0.3) is 0 Å². The Balaban J connectivity index is 2.12. The second-order valence-corrected chi connectivity index (χ2v) is 6.09. The predicted octanol–water partition coefficient (Wildman–Crippen LogP) is 2.55. The lowest BCUT2D eigenvalue weighted by atomic mass is 10.1. The van der Waals surface area contributed by atoms with Crippen molar-refractivity contribution in [3.63, 3.8) is 0 Å². The van der Waals surface area contributed by atoms with E-state index in [0.29, 0.717) is 22.0 Å². The summed E-state index contributed by atoms with van der Waals surface area (Å²) in [5, 5.41) is 16.3. The van der Waals surface area contributed by atoms with Crippen LogP contribution in [0.5, 0.6) is 5.75 Å². The molecule has 2 N–H and O–H groups in total. The highest BCUT2D eigenvalue weighted by molar-refractivity contribution is 6.31. The minimum absolute atomic E-state index is 0.0242. The fraction of sp³-hybridized carbons (Fsp3) is 0.312. The molecule has 0 fully saturated rings. The lowest BCUT2D eigenvalue weighted by Gasteiger charge is -2.19. The number of anilines is 1. The van der Waals surface area contributed by atoms with Gasteiger partial charge in [-0.2, -0.15) is 5.10 Å². The number of halogens is 1. The van der Waals surface area contributed by atoms with Crippen LogP contribution in [-0.4, -0.2) is 33.9 Å². The van der Waals surface area contributed by atoms with Crippen molar-refractivity contribution in [2.24, 2.45) is 0 Å². The van der Waals surface area contributed by atoms with Gasteiger partial charge in [0, 0.05) is 16.8 Å². The summed E-state index contributed by atoms with van der Waals surface area (Å²) in [7, 11) is 1.51. The van der Waals surface area contributed by atoms with Crippen molar-refractivity contribution < 1.29 is 19.4 Å². The Hall–Kier alpha value is -2.54. The largest absolute Gasteiger partial charge is 0.496 e. The number of nitrogens with zero attached hydrogens (tertiary/aromatic N) is 2. The molecule has 128 valence electrons. The zero-order chi connectivity index (χ0) is 17.9. The van der Waals surface area contributed by atoms with Crippen molar-refractivity contribution in [3.05, 3.63) is 41.2 Å². The normalized spacial score (nSPS) is 11.2. The van der Waals surface area contributed by atoms with E-state index in [1.54, 1.807) is 18.2 Å². The van der Waals surface area contributed by atoms with Crippen LogP contribution in [0.4, 0.5) is 5.69 Å². The van der Waals surface area contributed by atoms with Gasteiger partial charge in [-0.15, -0.1) is 0 Å². The maximum atomic E-state index is 12.2. The van der Waals surface area contributed by atoms with Gasteiger partial charge < -0.3 is 15.2 Å². The van der Waals surface area contributed by atoms with E-state index in [9.17, 15) is 14.7 Å². The van der Waals surface area contributed by atoms with Crippen LogP contribution in [-0.2, 0) is 21.5 Å². The first kappa shape index (κ1) is 17.8.